The molecule has 1 aliphatic carbocycles. The number of carboxylic acid groups (broad SMARTS) is 1. The summed E-state index contributed by atoms with van der Waals surface area (Å²) in [5, 5.41) is 12.0. The summed E-state index contributed by atoms with van der Waals surface area (Å²) in [4.78, 5) is 37.0. The van der Waals surface area contributed by atoms with Crippen molar-refractivity contribution in [2.24, 2.45) is 5.92 Å². The highest BCUT2D eigenvalue weighted by atomic mass is 32.1. The lowest BCUT2D eigenvalue weighted by Gasteiger charge is -2.16. The lowest BCUT2D eigenvalue weighted by atomic mass is 10.2. The van der Waals surface area contributed by atoms with Gasteiger partial charge in [-0.3, -0.25) is 14.4 Å². The molecule has 2 rings (SSSR count). The van der Waals surface area contributed by atoms with Crippen molar-refractivity contribution in [1.29, 1.82) is 0 Å². The molecule has 0 aromatic carbocycles. The van der Waals surface area contributed by atoms with Gasteiger partial charge in [0.15, 0.2) is 0 Å². The third-order valence-corrected chi connectivity index (χ3v) is 4.24. The van der Waals surface area contributed by atoms with Gasteiger partial charge in [-0.25, -0.2) is 0 Å². The van der Waals surface area contributed by atoms with E-state index in [0.29, 0.717) is 10.6 Å². The zero-order valence-electron chi connectivity index (χ0n) is 12.0. The number of hydrogen-bond donors (Lipinski definition) is 2. The number of anilines is 1. The molecule has 7 heteroatoms. The van der Waals surface area contributed by atoms with E-state index in [4.69, 9.17) is 5.11 Å². The fourth-order valence-electron chi connectivity index (χ4n) is 1.90. The van der Waals surface area contributed by atoms with Crippen LogP contribution in [0.5, 0.6) is 0 Å². The molecular weight excluding hydrogens is 292 g/mol. The van der Waals surface area contributed by atoms with E-state index in [2.05, 4.69) is 5.32 Å². The number of aryl methyl sites for hydroxylation is 1. The second-order valence-corrected chi connectivity index (χ2v) is 6.49. The fourth-order valence-corrected chi connectivity index (χ4v) is 2.80. The summed E-state index contributed by atoms with van der Waals surface area (Å²) >= 11 is 1.36. The summed E-state index contributed by atoms with van der Waals surface area (Å²) in [7, 11) is 1.56. The summed E-state index contributed by atoms with van der Waals surface area (Å²) in [5.41, 5.74) is 0.430. The monoisotopic (exact) mass is 310 g/mol. The number of amides is 2. The van der Waals surface area contributed by atoms with Gasteiger partial charge in [0.2, 0.25) is 5.91 Å². The number of carbonyl (C=O) groups is 3. The van der Waals surface area contributed by atoms with Gasteiger partial charge in [0.05, 0.1) is 12.0 Å². The number of carbonyl (C=O) groups excluding carboxylic acids is 2. The molecule has 1 saturated carbocycles. The molecule has 1 fully saturated rings. The van der Waals surface area contributed by atoms with Crippen LogP contribution in [0.25, 0.3) is 0 Å². The minimum atomic E-state index is -0.946. The molecule has 0 saturated heterocycles. The molecule has 0 aliphatic heterocycles. The molecule has 21 heavy (non-hydrogen) atoms. The average molecular weight is 310 g/mol. The highest BCUT2D eigenvalue weighted by molar-refractivity contribution is 7.16. The van der Waals surface area contributed by atoms with Gasteiger partial charge >= 0.3 is 5.97 Å². The molecule has 0 unspecified atom stereocenters. The van der Waals surface area contributed by atoms with E-state index in [9.17, 15) is 14.4 Å². The Hall–Kier alpha value is -1.89. The first kappa shape index (κ1) is 15.5. The van der Waals surface area contributed by atoms with Crippen LogP contribution < -0.4 is 5.32 Å². The van der Waals surface area contributed by atoms with Crippen molar-refractivity contribution in [1.82, 2.24) is 4.90 Å². The lowest BCUT2D eigenvalue weighted by molar-refractivity contribution is -0.137. The van der Waals surface area contributed by atoms with Crippen LogP contribution in [0, 0.1) is 12.8 Å². The Morgan fingerprint density at radius 3 is 2.67 bits per heavy atom. The SMILES string of the molecule is Cc1cc(C(=O)N(C)CCC(=O)O)c(NC(=O)C2CC2)s1. The lowest BCUT2D eigenvalue weighted by Crippen LogP contribution is -2.29. The van der Waals surface area contributed by atoms with E-state index < -0.39 is 5.97 Å². The van der Waals surface area contributed by atoms with Gasteiger partial charge in [-0.05, 0) is 25.8 Å². The first-order chi connectivity index (χ1) is 9.88. The Kier molecular flexibility index (Phi) is 4.62. The predicted molar refractivity (Wildman–Crippen MR) is 79.6 cm³/mol. The van der Waals surface area contributed by atoms with E-state index in [1.165, 1.54) is 16.2 Å². The molecule has 0 atom stereocenters. The fraction of sp³-hybridized carbons (Fsp3) is 0.500. The van der Waals surface area contributed by atoms with E-state index in [1.807, 2.05) is 6.92 Å². The second-order valence-electron chi connectivity index (χ2n) is 5.23. The van der Waals surface area contributed by atoms with Gasteiger partial charge in [0, 0.05) is 24.4 Å². The first-order valence-electron chi connectivity index (χ1n) is 6.77. The largest absolute Gasteiger partial charge is 0.481 e. The number of nitrogens with zero attached hydrogens (tertiary/aromatic N) is 1. The molecule has 0 radical (unpaired) electrons. The number of carboxylic acids is 1. The Bertz CT molecular complexity index is 578. The van der Waals surface area contributed by atoms with Crippen molar-refractivity contribution >= 4 is 34.1 Å². The molecular formula is C14H18N2O4S. The van der Waals surface area contributed by atoms with Crippen molar-refractivity contribution in [3.8, 4) is 0 Å². The molecule has 2 N–H and O–H groups in total. The van der Waals surface area contributed by atoms with Crippen LogP contribution >= 0.6 is 11.3 Å². The zero-order chi connectivity index (χ0) is 15.6. The van der Waals surface area contributed by atoms with Crippen LogP contribution in [0.15, 0.2) is 6.07 Å². The number of thiophene rings is 1. The van der Waals surface area contributed by atoms with Crippen LogP contribution in [0.2, 0.25) is 0 Å². The maximum atomic E-state index is 12.3. The van der Waals surface area contributed by atoms with Crippen LogP contribution in [0.1, 0.15) is 34.5 Å². The molecule has 1 aliphatic rings. The van der Waals surface area contributed by atoms with Crippen LogP contribution in [0.4, 0.5) is 5.00 Å². The highest BCUT2D eigenvalue weighted by Gasteiger charge is 2.31. The van der Waals surface area contributed by atoms with Gasteiger partial charge in [-0.2, -0.15) is 0 Å². The number of nitrogens with one attached hydrogen (secondary N) is 1. The molecule has 1 aromatic heterocycles. The molecule has 2 amide bonds. The smallest absolute Gasteiger partial charge is 0.305 e. The van der Waals surface area contributed by atoms with Gasteiger partial charge in [0.25, 0.3) is 5.91 Å². The summed E-state index contributed by atoms with van der Waals surface area (Å²) in [6.07, 6.45) is 1.70. The van der Waals surface area contributed by atoms with Crippen molar-refractivity contribution in [3.05, 3.63) is 16.5 Å². The second kappa shape index (κ2) is 6.26. The normalized spacial score (nSPS) is 13.8. The minimum absolute atomic E-state index is 0.0425. The van der Waals surface area contributed by atoms with E-state index in [-0.39, 0.29) is 30.7 Å². The molecule has 0 bridgehead atoms. The van der Waals surface area contributed by atoms with E-state index in [0.717, 1.165) is 17.7 Å². The molecule has 1 heterocycles. The highest BCUT2D eigenvalue weighted by Crippen LogP contribution is 2.33. The molecule has 0 spiro atoms. The summed E-state index contributed by atoms with van der Waals surface area (Å²) in [5.74, 6) is -1.19. The summed E-state index contributed by atoms with van der Waals surface area (Å²) < 4.78 is 0. The van der Waals surface area contributed by atoms with Crippen molar-refractivity contribution < 1.29 is 19.5 Å². The summed E-state index contributed by atoms with van der Waals surface area (Å²) in [6, 6.07) is 1.73. The van der Waals surface area contributed by atoms with Crippen molar-refractivity contribution in [2.75, 3.05) is 18.9 Å². The zero-order valence-corrected chi connectivity index (χ0v) is 12.8. The average Bonchev–Trinajstić information content (AvgIpc) is 3.20. The maximum Gasteiger partial charge on any atom is 0.305 e. The van der Waals surface area contributed by atoms with Crippen molar-refractivity contribution in [2.45, 2.75) is 26.2 Å². The van der Waals surface area contributed by atoms with Gasteiger partial charge in [-0.1, -0.05) is 0 Å². The molecule has 1 aromatic rings. The molecule has 114 valence electrons. The number of rotatable bonds is 6. The van der Waals surface area contributed by atoms with Crippen LogP contribution in [0.3, 0.4) is 0 Å². The third-order valence-electron chi connectivity index (χ3n) is 3.28. The topological polar surface area (TPSA) is 86.7 Å². The standard InChI is InChI=1S/C14H18N2O4S/c1-8-7-10(14(20)16(2)6-5-11(17)18)13(21-8)15-12(19)9-3-4-9/h7,9H,3-6H2,1-2H3,(H,15,19)(H,17,18). The maximum absolute atomic E-state index is 12.3. The Labute approximate surface area is 126 Å². The Morgan fingerprint density at radius 2 is 2.10 bits per heavy atom. The Morgan fingerprint density at radius 1 is 1.43 bits per heavy atom. The summed E-state index contributed by atoms with van der Waals surface area (Å²) in [6.45, 7) is 2.00. The third kappa shape index (κ3) is 4.04. The van der Waals surface area contributed by atoms with E-state index in [1.54, 1.807) is 13.1 Å². The number of aliphatic carboxylic acids is 1. The Balaban J connectivity index is 2.08. The van der Waals surface area contributed by atoms with Gasteiger partial charge in [-0.15, -0.1) is 11.3 Å². The van der Waals surface area contributed by atoms with Gasteiger partial charge in [0.1, 0.15) is 5.00 Å². The molecule has 6 nitrogen and oxygen atoms in total. The predicted octanol–water partition coefficient (Wildman–Crippen LogP) is 1.95. The van der Waals surface area contributed by atoms with Gasteiger partial charge < -0.3 is 15.3 Å². The van der Waals surface area contributed by atoms with Crippen LogP contribution in [-0.4, -0.2) is 41.4 Å². The quantitative estimate of drug-likeness (QED) is 0.841. The van der Waals surface area contributed by atoms with Crippen LogP contribution in [-0.2, 0) is 9.59 Å². The first-order valence-corrected chi connectivity index (χ1v) is 7.58. The minimum Gasteiger partial charge on any atom is -0.481 e. The van der Waals surface area contributed by atoms with E-state index >= 15 is 0 Å². The number of hydrogen-bond acceptors (Lipinski definition) is 4. The van der Waals surface area contributed by atoms with Crippen molar-refractivity contribution in [3.63, 3.8) is 0 Å².